The average Bonchev–Trinajstić information content (AvgIpc) is 3.55. The van der Waals surface area contributed by atoms with Gasteiger partial charge in [0.05, 0.1) is 12.1 Å². The lowest BCUT2D eigenvalue weighted by atomic mass is 9.58. The summed E-state index contributed by atoms with van der Waals surface area (Å²) in [6.45, 7) is 8.80. The van der Waals surface area contributed by atoms with Gasteiger partial charge in [-0.1, -0.05) is 66.7 Å². The molecule has 3 aromatic rings. The molecule has 0 unspecified atom stereocenters. The molecule has 7 rings (SSSR count). The van der Waals surface area contributed by atoms with E-state index in [1.807, 2.05) is 61.5 Å². The molecule has 3 N–H and O–H groups in total. The lowest BCUT2D eigenvalue weighted by Crippen LogP contribution is -2.57. The van der Waals surface area contributed by atoms with Gasteiger partial charge in [-0.15, -0.1) is 0 Å². The van der Waals surface area contributed by atoms with Gasteiger partial charge in [0.25, 0.3) is 0 Å². The summed E-state index contributed by atoms with van der Waals surface area (Å²) in [6, 6.07) is 28.4. The van der Waals surface area contributed by atoms with E-state index in [0.29, 0.717) is 36.9 Å². The van der Waals surface area contributed by atoms with Crippen LogP contribution in [0.15, 0.2) is 102 Å². The third kappa shape index (κ3) is 7.76. The zero-order valence-corrected chi connectivity index (χ0v) is 29.7. The maximum Gasteiger partial charge on any atom is 0.407 e. The average molecular weight is 691 g/mol. The summed E-state index contributed by atoms with van der Waals surface area (Å²) in [7, 11) is 1.62. The molecule has 0 spiro atoms. The summed E-state index contributed by atoms with van der Waals surface area (Å²) in [5, 5.41) is 10.9. The molecule has 2 bridgehead atoms. The number of alkyl carbamates (subject to hydrolysis) is 1. The smallest absolute Gasteiger partial charge is 0.407 e. The van der Waals surface area contributed by atoms with Gasteiger partial charge in [0, 0.05) is 62.6 Å². The van der Waals surface area contributed by atoms with E-state index in [-0.39, 0.29) is 36.1 Å². The number of anilines is 1. The van der Waals surface area contributed by atoms with Crippen LogP contribution in [0.5, 0.6) is 0 Å². The molecular formula is C41H50N6O4. The Kier molecular flexibility index (Phi) is 10.6. The second-order valence-corrected chi connectivity index (χ2v) is 14.5. The zero-order valence-electron chi connectivity index (χ0n) is 29.7. The molecule has 51 heavy (non-hydrogen) atoms. The van der Waals surface area contributed by atoms with Crippen molar-refractivity contribution in [1.82, 2.24) is 21.0 Å². The molecule has 3 aliphatic heterocycles. The first-order valence-corrected chi connectivity index (χ1v) is 18.3. The standard InChI is InChI=1S/C41H50N6O4/c1-29-43-28-41(34-11-7-4-8-12-34,37-21-31(23-44-45-29)22-38(37)51-40(49)42-2)35-17-19-46(20-18-35)24-32-25-47(26-32)36-15-13-33(14-16-36)39(48)50-27-30-9-5-3-6-10-30/h3-16,21,32,35,37-38,44H,17-20,22-28H2,1-2H3,(H,42,49)(H,43,45)/t37-,38-,41+/m0/s1. The van der Waals surface area contributed by atoms with Crippen LogP contribution in [-0.2, 0) is 21.5 Å². The highest BCUT2D eigenvalue weighted by Gasteiger charge is 2.52. The maximum absolute atomic E-state index is 12.6. The van der Waals surface area contributed by atoms with Crippen molar-refractivity contribution >= 4 is 23.6 Å². The Morgan fingerprint density at radius 2 is 1.67 bits per heavy atom. The van der Waals surface area contributed by atoms with Crippen molar-refractivity contribution in [3.63, 3.8) is 0 Å². The highest BCUT2D eigenvalue weighted by molar-refractivity contribution is 5.89. The predicted octanol–water partition coefficient (Wildman–Crippen LogP) is 5.33. The van der Waals surface area contributed by atoms with Crippen LogP contribution in [0.4, 0.5) is 10.5 Å². The molecule has 10 heteroatoms. The summed E-state index contributed by atoms with van der Waals surface area (Å²) in [5.41, 5.74) is 8.14. The minimum Gasteiger partial charge on any atom is -0.457 e. The number of likely N-dealkylation sites (tertiary alicyclic amines) is 1. The van der Waals surface area contributed by atoms with Crippen molar-refractivity contribution < 1.29 is 19.1 Å². The molecule has 3 atom stereocenters. The van der Waals surface area contributed by atoms with E-state index in [1.54, 1.807) is 7.05 Å². The lowest BCUT2D eigenvalue weighted by molar-refractivity contribution is 0.0224. The third-order valence-corrected chi connectivity index (χ3v) is 11.3. The number of nitrogens with zero attached hydrogens (tertiary/aromatic N) is 3. The zero-order chi connectivity index (χ0) is 35.2. The predicted molar refractivity (Wildman–Crippen MR) is 200 cm³/mol. The Morgan fingerprint density at radius 3 is 2.37 bits per heavy atom. The van der Waals surface area contributed by atoms with Crippen LogP contribution in [0.3, 0.4) is 0 Å². The number of piperidine rings is 1. The second-order valence-electron chi connectivity index (χ2n) is 14.5. The van der Waals surface area contributed by atoms with E-state index in [2.05, 4.69) is 67.4 Å². The first-order valence-electron chi connectivity index (χ1n) is 18.3. The number of hydrogen-bond acceptors (Lipinski definition) is 9. The lowest BCUT2D eigenvalue weighted by Gasteiger charge is -2.51. The van der Waals surface area contributed by atoms with Gasteiger partial charge in [-0.2, -0.15) is 5.10 Å². The van der Waals surface area contributed by atoms with Crippen LogP contribution in [0.25, 0.3) is 0 Å². The van der Waals surface area contributed by atoms with E-state index in [4.69, 9.17) is 9.47 Å². The summed E-state index contributed by atoms with van der Waals surface area (Å²) < 4.78 is 11.6. The van der Waals surface area contributed by atoms with E-state index < -0.39 is 0 Å². The van der Waals surface area contributed by atoms with Crippen LogP contribution >= 0.6 is 0 Å². The highest BCUT2D eigenvalue weighted by atomic mass is 16.6. The molecule has 0 saturated carbocycles. The number of benzene rings is 3. The number of carbonyl (C=O) groups is 2. The van der Waals surface area contributed by atoms with Gasteiger partial charge in [-0.25, -0.2) is 9.59 Å². The molecule has 1 amide bonds. The molecule has 10 nitrogen and oxygen atoms in total. The van der Waals surface area contributed by atoms with Crippen LogP contribution in [0.2, 0.25) is 0 Å². The van der Waals surface area contributed by atoms with Gasteiger partial charge < -0.3 is 35.3 Å². The number of rotatable bonds is 9. The van der Waals surface area contributed by atoms with Gasteiger partial charge in [0.15, 0.2) is 0 Å². The molecule has 0 aromatic heterocycles. The monoisotopic (exact) mass is 690 g/mol. The number of amides is 1. The molecule has 1 aliphatic carbocycles. The highest BCUT2D eigenvalue weighted by Crippen LogP contribution is 2.50. The fourth-order valence-corrected chi connectivity index (χ4v) is 8.63. The van der Waals surface area contributed by atoms with E-state index >= 15 is 0 Å². The Balaban J connectivity index is 0.985. The first-order chi connectivity index (χ1) is 24.9. The van der Waals surface area contributed by atoms with E-state index in [0.717, 1.165) is 62.7 Å². The van der Waals surface area contributed by atoms with Crippen LogP contribution in [0.1, 0.15) is 47.7 Å². The van der Waals surface area contributed by atoms with Crippen LogP contribution in [0, 0.1) is 17.8 Å². The summed E-state index contributed by atoms with van der Waals surface area (Å²) in [6.07, 6.45) is 4.57. The Morgan fingerprint density at radius 1 is 0.961 bits per heavy atom. The topological polar surface area (TPSA) is 108 Å². The van der Waals surface area contributed by atoms with Gasteiger partial charge >= 0.3 is 12.1 Å². The van der Waals surface area contributed by atoms with Crippen molar-refractivity contribution in [2.75, 3.05) is 57.8 Å². The molecular weight excluding hydrogens is 640 g/mol. The summed E-state index contributed by atoms with van der Waals surface area (Å²) in [5.74, 6) is 1.58. The normalized spacial score (nSPS) is 25.3. The number of carbonyl (C=O) groups excluding carboxylic acids is 2. The second kappa shape index (κ2) is 15.6. The summed E-state index contributed by atoms with van der Waals surface area (Å²) in [4.78, 5) is 30.2. The van der Waals surface area contributed by atoms with Gasteiger partial charge in [-0.3, -0.25) is 0 Å². The molecule has 2 saturated heterocycles. The van der Waals surface area contributed by atoms with Crippen LogP contribution < -0.4 is 21.0 Å². The fraction of sp³-hybridized carbons (Fsp3) is 0.439. The van der Waals surface area contributed by atoms with Crippen molar-refractivity contribution in [3.8, 4) is 0 Å². The number of hydrogen-bond donors (Lipinski definition) is 3. The van der Waals surface area contributed by atoms with Crippen molar-refractivity contribution in [3.05, 3.63) is 113 Å². The van der Waals surface area contributed by atoms with Crippen molar-refractivity contribution in [2.45, 2.75) is 44.3 Å². The number of ether oxygens (including phenoxy) is 2. The van der Waals surface area contributed by atoms with Gasteiger partial charge in [0.2, 0.25) is 0 Å². The molecule has 4 aliphatic rings. The first kappa shape index (κ1) is 34.6. The molecule has 3 aromatic carbocycles. The van der Waals surface area contributed by atoms with Crippen LogP contribution in [-0.4, -0.2) is 81.8 Å². The number of esters is 1. The minimum atomic E-state index is -0.383. The van der Waals surface area contributed by atoms with Crippen molar-refractivity contribution in [2.24, 2.45) is 22.9 Å². The number of fused-ring (bicyclic) bond motifs is 1. The molecule has 3 heterocycles. The third-order valence-electron chi connectivity index (χ3n) is 11.3. The summed E-state index contributed by atoms with van der Waals surface area (Å²) >= 11 is 0. The Labute approximate surface area is 301 Å². The molecule has 0 radical (unpaired) electrons. The number of amidine groups is 1. The Bertz CT molecular complexity index is 1700. The maximum atomic E-state index is 12.6. The largest absolute Gasteiger partial charge is 0.457 e. The molecule has 268 valence electrons. The SMILES string of the molecule is CNC(=O)O[C@H]1CC2=C[C@@H]1[C@](c1ccccc1)(C1CCN(CC3CN(c4ccc(C(=O)OCc5ccccc5)cc4)C3)CC1)CN/C(C)=N\NC2. The number of hydrazone groups is 1. The quantitative estimate of drug-likeness (QED) is 0.205. The van der Waals surface area contributed by atoms with Crippen molar-refractivity contribution in [1.29, 1.82) is 0 Å². The van der Waals surface area contributed by atoms with E-state index in [1.165, 1.54) is 11.1 Å². The molecule has 2 fully saturated rings. The Hall–Kier alpha value is -4.83. The van der Waals surface area contributed by atoms with E-state index in [9.17, 15) is 9.59 Å². The fourth-order valence-electron chi connectivity index (χ4n) is 8.63. The van der Waals surface area contributed by atoms with Gasteiger partial charge in [-0.05, 0) is 79.7 Å². The number of nitrogens with one attached hydrogen (secondary N) is 3. The van der Waals surface area contributed by atoms with Gasteiger partial charge in [0.1, 0.15) is 18.5 Å². The minimum absolute atomic E-state index is 0.0289.